The molecule has 1 heterocycles. The molecule has 3 nitrogen and oxygen atoms in total. The van der Waals surface area contributed by atoms with E-state index in [1.54, 1.807) is 0 Å². The molecule has 1 aliphatic heterocycles. The molecule has 46 heavy (non-hydrogen) atoms. The van der Waals surface area contributed by atoms with Gasteiger partial charge in [0, 0.05) is 19.4 Å². The number of nitrogens with zero attached hydrogens (tertiary/aromatic N) is 1. The summed E-state index contributed by atoms with van der Waals surface area (Å²) in [6.07, 6.45) is 52.3. The molecule has 0 aromatic rings. The van der Waals surface area contributed by atoms with Gasteiger partial charge in [-0.25, -0.2) is 0 Å². The SMILES string of the molecule is CCCCC/C=C\C/C=C\CCCCCCCCC1(CCCCCCCC/C=C\CCCCCCCC)OC[C@H](CCN(C)C)O1. The monoisotopic (exact) mass is 644 g/mol. The quantitative estimate of drug-likeness (QED) is 0.0514. The molecular formula is C43H81NO2. The van der Waals surface area contributed by atoms with Crippen molar-refractivity contribution >= 4 is 0 Å². The fraction of sp³-hybridized carbons (Fsp3) is 0.860. The van der Waals surface area contributed by atoms with Crippen LogP contribution in [0.3, 0.4) is 0 Å². The number of hydrogen-bond acceptors (Lipinski definition) is 3. The summed E-state index contributed by atoms with van der Waals surface area (Å²) in [4.78, 5) is 2.26. The summed E-state index contributed by atoms with van der Waals surface area (Å²) in [5.74, 6) is -0.312. The summed E-state index contributed by atoms with van der Waals surface area (Å²) in [5, 5.41) is 0. The Morgan fingerprint density at radius 1 is 0.522 bits per heavy atom. The van der Waals surface area contributed by atoms with Gasteiger partial charge in [-0.15, -0.1) is 0 Å². The Labute approximate surface area is 289 Å². The van der Waals surface area contributed by atoms with Gasteiger partial charge in [0.1, 0.15) is 0 Å². The van der Waals surface area contributed by atoms with E-state index >= 15 is 0 Å². The largest absolute Gasteiger partial charge is 0.347 e. The van der Waals surface area contributed by atoms with Gasteiger partial charge < -0.3 is 14.4 Å². The zero-order chi connectivity index (χ0) is 33.2. The Kier molecular flexibility index (Phi) is 30.6. The third-order valence-electron chi connectivity index (χ3n) is 9.64. The first kappa shape index (κ1) is 43.1. The molecule has 1 fully saturated rings. The molecule has 1 rings (SSSR count). The summed E-state index contributed by atoms with van der Waals surface area (Å²) < 4.78 is 13.2. The molecule has 0 aromatic heterocycles. The summed E-state index contributed by atoms with van der Waals surface area (Å²) >= 11 is 0. The highest BCUT2D eigenvalue weighted by Crippen LogP contribution is 2.35. The first-order valence-electron chi connectivity index (χ1n) is 20.5. The lowest BCUT2D eigenvalue weighted by Crippen LogP contribution is -2.31. The van der Waals surface area contributed by atoms with Crippen molar-refractivity contribution < 1.29 is 9.47 Å². The zero-order valence-corrected chi connectivity index (χ0v) is 31.7. The van der Waals surface area contributed by atoms with E-state index in [1.807, 2.05) is 0 Å². The van der Waals surface area contributed by atoms with Crippen LogP contribution >= 0.6 is 0 Å². The van der Waals surface area contributed by atoms with Gasteiger partial charge in [-0.3, -0.25) is 0 Å². The van der Waals surface area contributed by atoms with E-state index in [-0.39, 0.29) is 11.9 Å². The van der Waals surface area contributed by atoms with Crippen molar-refractivity contribution in [3.8, 4) is 0 Å². The molecule has 0 spiro atoms. The van der Waals surface area contributed by atoms with E-state index in [4.69, 9.17) is 9.47 Å². The minimum atomic E-state index is -0.312. The minimum absolute atomic E-state index is 0.265. The molecular weight excluding hydrogens is 562 g/mol. The molecule has 270 valence electrons. The standard InChI is InChI=1S/C43H81NO2/c1-5-7-9-11-13-15-17-19-21-23-25-27-29-31-33-35-38-43(45-41-42(46-43)37-40-44(3)4)39-36-34-32-30-28-26-24-22-20-18-16-14-12-10-8-6-2/h13,15,19-22,42H,5-12,14,16-18,23-41H2,1-4H3/b15-13-,21-19-,22-20-/t42-,43?/m0/s1. The average Bonchev–Trinajstić information content (AvgIpc) is 3.46. The third kappa shape index (κ3) is 27.1. The van der Waals surface area contributed by atoms with Gasteiger partial charge in [0.2, 0.25) is 0 Å². The lowest BCUT2D eigenvalue weighted by molar-refractivity contribution is -0.180. The molecule has 0 amide bonds. The number of ether oxygens (including phenoxy) is 2. The topological polar surface area (TPSA) is 21.7 Å². The maximum Gasteiger partial charge on any atom is 0.168 e. The predicted molar refractivity (Wildman–Crippen MR) is 205 cm³/mol. The first-order valence-corrected chi connectivity index (χ1v) is 20.5. The highest BCUT2D eigenvalue weighted by atomic mass is 16.7. The molecule has 0 aliphatic carbocycles. The molecule has 0 radical (unpaired) electrons. The molecule has 3 heteroatoms. The minimum Gasteiger partial charge on any atom is -0.347 e. The van der Waals surface area contributed by atoms with E-state index in [0.717, 1.165) is 38.8 Å². The van der Waals surface area contributed by atoms with Gasteiger partial charge in [0.05, 0.1) is 12.7 Å². The molecule has 0 aromatic carbocycles. The summed E-state index contributed by atoms with van der Waals surface area (Å²) in [5.41, 5.74) is 0. The number of unbranched alkanes of at least 4 members (excludes halogenated alkanes) is 21. The molecule has 2 atom stereocenters. The second-order valence-corrected chi connectivity index (χ2v) is 14.6. The van der Waals surface area contributed by atoms with Gasteiger partial charge in [0.15, 0.2) is 5.79 Å². The molecule has 1 unspecified atom stereocenters. The van der Waals surface area contributed by atoms with Crippen molar-refractivity contribution in [2.75, 3.05) is 27.2 Å². The Morgan fingerprint density at radius 3 is 1.39 bits per heavy atom. The van der Waals surface area contributed by atoms with Crippen LogP contribution in [0.4, 0.5) is 0 Å². The van der Waals surface area contributed by atoms with Crippen LogP contribution in [0.1, 0.15) is 200 Å². The van der Waals surface area contributed by atoms with E-state index in [2.05, 4.69) is 69.3 Å². The first-order chi connectivity index (χ1) is 22.6. The maximum atomic E-state index is 6.68. The van der Waals surface area contributed by atoms with Crippen LogP contribution < -0.4 is 0 Å². The lowest BCUT2D eigenvalue weighted by atomic mass is 9.98. The van der Waals surface area contributed by atoms with Gasteiger partial charge in [0.25, 0.3) is 0 Å². The Balaban J connectivity index is 2.14. The highest BCUT2D eigenvalue weighted by Gasteiger charge is 2.40. The molecule has 1 saturated heterocycles. The van der Waals surface area contributed by atoms with E-state index in [9.17, 15) is 0 Å². The fourth-order valence-electron chi connectivity index (χ4n) is 6.57. The third-order valence-corrected chi connectivity index (χ3v) is 9.64. The predicted octanol–water partition coefficient (Wildman–Crippen LogP) is 13.7. The second-order valence-electron chi connectivity index (χ2n) is 14.6. The van der Waals surface area contributed by atoms with E-state index in [1.165, 1.54) is 161 Å². The number of allylic oxidation sites excluding steroid dienone is 6. The van der Waals surface area contributed by atoms with Gasteiger partial charge in [-0.2, -0.15) is 0 Å². The Bertz CT molecular complexity index is 714. The van der Waals surface area contributed by atoms with Gasteiger partial charge >= 0.3 is 0 Å². The zero-order valence-electron chi connectivity index (χ0n) is 31.7. The van der Waals surface area contributed by atoms with Crippen molar-refractivity contribution in [3.05, 3.63) is 36.5 Å². The van der Waals surface area contributed by atoms with Crippen molar-refractivity contribution in [3.63, 3.8) is 0 Å². The normalized spacial score (nSPS) is 18.8. The summed E-state index contributed by atoms with van der Waals surface area (Å²) in [6.45, 7) is 6.42. The van der Waals surface area contributed by atoms with Crippen molar-refractivity contribution in [2.45, 2.75) is 212 Å². The number of rotatable bonds is 34. The van der Waals surface area contributed by atoms with Crippen LogP contribution in [0, 0.1) is 0 Å². The van der Waals surface area contributed by atoms with Crippen LogP contribution in [0.2, 0.25) is 0 Å². The van der Waals surface area contributed by atoms with Gasteiger partial charge in [-0.05, 0) is 91.1 Å². The maximum absolute atomic E-state index is 6.68. The summed E-state index contributed by atoms with van der Waals surface area (Å²) in [7, 11) is 4.31. The average molecular weight is 644 g/mol. The molecule has 0 saturated carbocycles. The van der Waals surface area contributed by atoms with Crippen molar-refractivity contribution in [1.82, 2.24) is 4.90 Å². The molecule has 1 aliphatic rings. The van der Waals surface area contributed by atoms with Crippen molar-refractivity contribution in [1.29, 1.82) is 0 Å². The fourth-order valence-corrected chi connectivity index (χ4v) is 6.57. The smallest absolute Gasteiger partial charge is 0.168 e. The van der Waals surface area contributed by atoms with E-state index in [0.29, 0.717) is 0 Å². The second kappa shape index (κ2) is 32.6. The van der Waals surface area contributed by atoms with E-state index < -0.39 is 0 Å². The lowest BCUT2D eigenvalue weighted by Gasteiger charge is -2.29. The van der Waals surface area contributed by atoms with Crippen LogP contribution in [-0.4, -0.2) is 44.0 Å². The summed E-state index contributed by atoms with van der Waals surface area (Å²) in [6, 6.07) is 0. The van der Waals surface area contributed by atoms with Crippen LogP contribution in [-0.2, 0) is 9.47 Å². The van der Waals surface area contributed by atoms with Crippen LogP contribution in [0.15, 0.2) is 36.5 Å². The van der Waals surface area contributed by atoms with Gasteiger partial charge in [-0.1, -0.05) is 147 Å². The highest BCUT2D eigenvalue weighted by molar-refractivity contribution is 4.92. The van der Waals surface area contributed by atoms with Crippen LogP contribution in [0.25, 0.3) is 0 Å². The van der Waals surface area contributed by atoms with Crippen LogP contribution in [0.5, 0.6) is 0 Å². The molecule has 0 bridgehead atoms. The molecule has 0 N–H and O–H groups in total. The van der Waals surface area contributed by atoms with Crippen molar-refractivity contribution in [2.24, 2.45) is 0 Å². The Hall–Kier alpha value is -0.900. The Morgan fingerprint density at radius 2 is 0.913 bits per heavy atom. The number of hydrogen-bond donors (Lipinski definition) is 0.